The average Bonchev–Trinajstić information content (AvgIpc) is 2.79. The third-order valence-electron chi connectivity index (χ3n) is 4.38. The molecule has 7 nitrogen and oxygen atoms in total. The number of halogens is 1. The smallest absolute Gasteiger partial charge is 0.343 e. The van der Waals surface area contributed by atoms with Crippen molar-refractivity contribution in [2.45, 2.75) is 13.8 Å². The highest BCUT2D eigenvalue weighted by atomic mass is 35.5. The van der Waals surface area contributed by atoms with Crippen molar-refractivity contribution in [3.05, 3.63) is 94.5 Å². The highest BCUT2D eigenvalue weighted by Crippen LogP contribution is 2.21. The van der Waals surface area contributed by atoms with Gasteiger partial charge in [-0.1, -0.05) is 47.5 Å². The normalized spacial score (nSPS) is 10.9. The maximum absolute atomic E-state index is 12.4. The van der Waals surface area contributed by atoms with Crippen LogP contribution in [0.5, 0.6) is 5.75 Å². The van der Waals surface area contributed by atoms with Crippen molar-refractivity contribution in [3.63, 3.8) is 0 Å². The van der Waals surface area contributed by atoms with Crippen LogP contribution in [0.1, 0.15) is 28.4 Å². The predicted molar refractivity (Wildman–Crippen MR) is 123 cm³/mol. The second-order valence-electron chi connectivity index (χ2n) is 6.85. The number of hydrazone groups is 1. The molecule has 0 atom stereocenters. The third kappa shape index (κ3) is 6.02. The summed E-state index contributed by atoms with van der Waals surface area (Å²) in [4.78, 5) is 36.6. The summed E-state index contributed by atoms with van der Waals surface area (Å²) >= 11 is 5.93. The summed E-state index contributed by atoms with van der Waals surface area (Å²) in [5.74, 6) is -2.13. The lowest BCUT2D eigenvalue weighted by Crippen LogP contribution is -2.33. The van der Waals surface area contributed by atoms with Gasteiger partial charge in [0.25, 0.3) is 0 Å². The number of nitrogens with one attached hydrogen (secondary N) is 2. The number of hydrogen-bond donors (Lipinski definition) is 2. The molecule has 0 saturated carbocycles. The molecular formula is C24H20ClN3O4. The van der Waals surface area contributed by atoms with Gasteiger partial charge >= 0.3 is 17.8 Å². The number of para-hydroxylation sites is 1. The Bertz CT molecular complexity index is 1190. The minimum Gasteiger partial charge on any atom is -0.422 e. The van der Waals surface area contributed by atoms with Gasteiger partial charge < -0.3 is 10.1 Å². The highest BCUT2D eigenvalue weighted by molar-refractivity contribution is 6.39. The molecule has 0 aliphatic rings. The van der Waals surface area contributed by atoms with Crippen molar-refractivity contribution in [1.82, 2.24) is 5.43 Å². The van der Waals surface area contributed by atoms with Crippen LogP contribution in [0.25, 0.3) is 0 Å². The lowest BCUT2D eigenvalue weighted by Gasteiger charge is -2.10. The molecule has 0 radical (unpaired) electrons. The number of rotatable bonds is 5. The van der Waals surface area contributed by atoms with Gasteiger partial charge in [-0.2, -0.15) is 5.10 Å². The molecule has 2 amide bonds. The summed E-state index contributed by atoms with van der Waals surface area (Å²) in [6.45, 7) is 3.53. The lowest BCUT2D eigenvalue weighted by atomic mass is 10.1. The van der Waals surface area contributed by atoms with Crippen LogP contribution in [-0.4, -0.2) is 23.5 Å². The predicted octanol–water partition coefficient (Wildman–Crippen LogP) is 4.35. The number of anilines is 1. The summed E-state index contributed by atoms with van der Waals surface area (Å²) in [6.07, 6.45) is 0. The molecule has 3 aromatic rings. The maximum atomic E-state index is 12.4. The Morgan fingerprint density at radius 2 is 1.62 bits per heavy atom. The van der Waals surface area contributed by atoms with Gasteiger partial charge in [-0.15, -0.1) is 0 Å². The molecule has 8 heteroatoms. The summed E-state index contributed by atoms with van der Waals surface area (Å²) < 4.78 is 5.48. The lowest BCUT2D eigenvalue weighted by molar-refractivity contribution is -0.136. The first-order valence-corrected chi connectivity index (χ1v) is 10.0. The second-order valence-corrected chi connectivity index (χ2v) is 7.29. The Labute approximate surface area is 190 Å². The largest absolute Gasteiger partial charge is 0.422 e. The van der Waals surface area contributed by atoms with E-state index >= 15 is 0 Å². The van der Waals surface area contributed by atoms with E-state index in [9.17, 15) is 14.4 Å². The molecule has 0 aromatic heterocycles. The summed E-state index contributed by atoms with van der Waals surface area (Å²) in [6, 6.07) is 20.1. The number of benzene rings is 3. The van der Waals surface area contributed by atoms with E-state index in [-0.39, 0.29) is 5.75 Å². The number of nitrogens with zero attached hydrogens (tertiary/aromatic N) is 1. The molecule has 0 unspecified atom stereocenters. The van der Waals surface area contributed by atoms with E-state index in [2.05, 4.69) is 15.8 Å². The number of carbonyl (C=O) groups excluding carboxylic acids is 3. The van der Waals surface area contributed by atoms with E-state index in [1.54, 1.807) is 61.5 Å². The number of esters is 1. The van der Waals surface area contributed by atoms with Gasteiger partial charge in [-0.3, -0.25) is 9.59 Å². The zero-order chi connectivity index (χ0) is 23.1. The van der Waals surface area contributed by atoms with E-state index in [4.69, 9.17) is 16.3 Å². The topological polar surface area (TPSA) is 96.9 Å². The van der Waals surface area contributed by atoms with Gasteiger partial charge in [0.2, 0.25) is 0 Å². The number of ether oxygens (including phenoxy) is 1. The summed E-state index contributed by atoms with van der Waals surface area (Å²) in [5, 5.41) is 6.88. The standard InChI is InChI=1S/C24H20ClN3O4/c1-15-10-12-19(13-11-15)26-22(29)23(30)28-27-16(2)20-8-3-4-9-21(20)32-24(31)17-6-5-7-18(25)14-17/h3-14H,1-2H3,(H,26,29)(H,28,30)/b27-16+. The van der Waals surface area contributed by atoms with Crippen LogP contribution >= 0.6 is 11.6 Å². The molecule has 32 heavy (non-hydrogen) atoms. The number of carbonyl (C=O) groups is 3. The molecule has 3 rings (SSSR count). The highest BCUT2D eigenvalue weighted by Gasteiger charge is 2.16. The van der Waals surface area contributed by atoms with E-state index in [1.165, 1.54) is 6.07 Å². The van der Waals surface area contributed by atoms with Crippen LogP contribution < -0.4 is 15.5 Å². The Kier molecular flexibility index (Phi) is 7.36. The minimum atomic E-state index is -0.932. The van der Waals surface area contributed by atoms with E-state index in [1.807, 2.05) is 19.1 Å². The minimum absolute atomic E-state index is 0.247. The second kappa shape index (κ2) is 10.4. The fraction of sp³-hybridized carbons (Fsp3) is 0.0833. The molecule has 0 fully saturated rings. The zero-order valence-corrected chi connectivity index (χ0v) is 18.1. The van der Waals surface area contributed by atoms with Crippen molar-refractivity contribution in [3.8, 4) is 5.75 Å². The third-order valence-corrected chi connectivity index (χ3v) is 4.62. The molecular weight excluding hydrogens is 430 g/mol. The van der Waals surface area contributed by atoms with Crippen LogP contribution in [0, 0.1) is 6.92 Å². The summed E-state index contributed by atoms with van der Waals surface area (Å²) in [7, 11) is 0. The quantitative estimate of drug-likeness (QED) is 0.199. The SMILES string of the molecule is C/C(=N\NC(=O)C(=O)Nc1ccc(C)cc1)c1ccccc1OC(=O)c1cccc(Cl)c1. The first-order valence-electron chi connectivity index (χ1n) is 9.63. The van der Waals surface area contributed by atoms with Crippen LogP contribution in [-0.2, 0) is 9.59 Å². The molecule has 0 aliphatic heterocycles. The Hall–Kier alpha value is -3.97. The van der Waals surface area contributed by atoms with Gasteiger partial charge in [0.1, 0.15) is 5.75 Å². The molecule has 0 heterocycles. The van der Waals surface area contributed by atoms with Crippen molar-refractivity contribution in [1.29, 1.82) is 0 Å². The Morgan fingerprint density at radius 1 is 0.906 bits per heavy atom. The van der Waals surface area contributed by atoms with Gasteiger partial charge in [-0.25, -0.2) is 10.2 Å². The van der Waals surface area contributed by atoms with Crippen LogP contribution in [0.4, 0.5) is 5.69 Å². The van der Waals surface area contributed by atoms with Crippen LogP contribution in [0.15, 0.2) is 77.9 Å². The van der Waals surface area contributed by atoms with Crippen LogP contribution in [0.3, 0.4) is 0 Å². The monoisotopic (exact) mass is 449 g/mol. The van der Waals surface area contributed by atoms with E-state index in [0.717, 1.165) is 5.56 Å². The van der Waals surface area contributed by atoms with Crippen molar-refractivity contribution >= 4 is 40.8 Å². The average molecular weight is 450 g/mol. The van der Waals surface area contributed by atoms with Crippen molar-refractivity contribution in [2.75, 3.05) is 5.32 Å². The van der Waals surface area contributed by atoms with E-state index < -0.39 is 17.8 Å². The van der Waals surface area contributed by atoms with Gasteiger partial charge in [0.05, 0.1) is 11.3 Å². The van der Waals surface area contributed by atoms with Crippen molar-refractivity contribution < 1.29 is 19.1 Å². The molecule has 3 aromatic carbocycles. The zero-order valence-electron chi connectivity index (χ0n) is 17.4. The molecule has 0 bridgehead atoms. The molecule has 0 saturated heterocycles. The molecule has 0 spiro atoms. The van der Waals surface area contributed by atoms with Gasteiger partial charge in [-0.05, 0) is 56.3 Å². The molecule has 0 aliphatic carbocycles. The number of aryl methyl sites for hydroxylation is 1. The molecule has 2 N–H and O–H groups in total. The fourth-order valence-corrected chi connectivity index (χ4v) is 2.89. The Balaban J connectivity index is 1.68. The van der Waals surface area contributed by atoms with Gasteiger partial charge in [0, 0.05) is 16.3 Å². The van der Waals surface area contributed by atoms with Crippen molar-refractivity contribution in [2.24, 2.45) is 5.10 Å². The fourth-order valence-electron chi connectivity index (χ4n) is 2.70. The first-order chi connectivity index (χ1) is 15.3. The first kappa shape index (κ1) is 22.7. The maximum Gasteiger partial charge on any atom is 0.343 e. The molecule has 162 valence electrons. The van der Waals surface area contributed by atoms with E-state index in [0.29, 0.717) is 27.5 Å². The Morgan fingerprint density at radius 3 is 2.34 bits per heavy atom. The van der Waals surface area contributed by atoms with Crippen LogP contribution in [0.2, 0.25) is 5.02 Å². The summed E-state index contributed by atoms with van der Waals surface area (Å²) in [5.41, 5.74) is 4.85. The van der Waals surface area contributed by atoms with Gasteiger partial charge in [0.15, 0.2) is 0 Å². The number of hydrogen-bond acceptors (Lipinski definition) is 5. The number of amides is 2.